The lowest BCUT2D eigenvalue weighted by Gasteiger charge is -2.28. The van der Waals surface area contributed by atoms with E-state index in [9.17, 15) is 24.5 Å². The van der Waals surface area contributed by atoms with Gasteiger partial charge in [-0.2, -0.15) is 0 Å². The second kappa shape index (κ2) is 9.11. The molecule has 27 heavy (non-hydrogen) atoms. The number of carbonyl (C=O) groups excluding carboxylic acids is 3. The third kappa shape index (κ3) is 5.25. The average Bonchev–Trinajstić information content (AvgIpc) is 2.67. The zero-order valence-corrected chi connectivity index (χ0v) is 15.2. The molecule has 0 atom stereocenters. The second-order valence-electron chi connectivity index (χ2n) is 6.48. The topological polar surface area (TPSA) is 125 Å². The zero-order valence-electron chi connectivity index (χ0n) is 15.2. The Morgan fingerprint density at radius 2 is 1.81 bits per heavy atom. The van der Waals surface area contributed by atoms with E-state index in [1.807, 2.05) is 0 Å². The van der Waals surface area contributed by atoms with Gasteiger partial charge in [-0.15, -0.1) is 0 Å². The Labute approximate surface area is 156 Å². The standard InChI is InChI=1S/C18H22N2O7/c1-26-16(21)9-11-3-5-12(6-4-11)13-7-8-14(15(10-13)20(24)25)19-17(22)18(23)27-2/h7-8,10-12H,3-6,9H2,1-2H3,(H,19,22). The van der Waals surface area contributed by atoms with Crippen LogP contribution in [0.5, 0.6) is 0 Å². The summed E-state index contributed by atoms with van der Waals surface area (Å²) in [5.41, 5.74) is 0.467. The predicted molar refractivity (Wildman–Crippen MR) is 95.1 cm³/mol. The molecule has 1 N–H and O–H groups in total. The highest BCUT2D eigenvalue weighted by atomic mass is 16.6. The van der Waals surface area contributed by atoms with Crippen LogP contribution in [0.25, 0.3) is 0 Å². The van der Waals surface area contributed by atoms with Gasteiger partial charge in [0.05, 0.1) is 19.1 Å². The number of nitro benzene ring substituents is 1. The summed E-state index contributed by atoms with van der Waals surface area (Å²) in [6.45, 7) is 0. The van der Waals surface area contributed by atoms with E-state index in [0.29, 0.717) is 6.42 Å². The van der Waals surface area contributed by atoms with E-state index < -0.39 is 16.8 Å². The highest BCUT2D eigenvalue weighted by Crippen LogP contribution is 2.39. The Bertz CT molecular complexity index is 739. The Morgan fingerprint density at radius 3 is 2.37 bits per heavy atom. The smallest absolute Gasteiger partial charge is 0.396 e. The van der Waals surface area contributed by atoms with Gasteiger partial charge in [0.25, 0.3) is 5.69 Å². The highest BCUT2D eigenvalue weighted by Gasteiger charge is 2.27. The fourth-order valence-electron chi connectivity index (χ4n) is 3.34. The molecule has 1 amide bonds. The number of carbonyl (C=O) groups is 3. The molecule has 1 fully saturated rings. The molecule has 1 aliphatic rings. The van der Waals surface area contributed by atoms with Crippen LogP contribution in [0.2, 0.25) is 0 Å². The molecule has 9 heteroatoms. The Hall–Kier alpha value is -2.97. The first-order chi connectivity index (χ1) is 12.8. The molecule has 146 valence electrons. The molecule has 0 unspecified atom stereocenters. The predicted octanol–water partition coefficient (Wildman–Crippen LogP) is 2.54. The van der Waals surface area contributed by atoms with Gasteiger partial charge < -0.3 is 14.8 Å². The Balaban J connectivity index is 2.10. The van der Waals surface area contributed by atoms with Crippen LogP contribution in [-0.4, -0.2) is 37.0 Å². The van der Waals surface area contributed by atoms with E-state index in [0.717, 1.165) is 38.4 Å². The number of ether oxygens (including phenoxy) is 2. The molecular formula is C18H22N2O7. The normalized spacial score (nSPS) is 19.0. The van der Waals surface area contributed by atoms with Gasteiger partial charge in [0.1, 0.15) is 5.69 Å². The van der Waals surface area contributed by atoms with Crippen molar-refractivity contribution >= 4 is 29.2 Å². The van der Waals surface area contributed by atoms with Gasteiger partial charge in [-0.25, -0.2) is 4.79 Å². The maximum Gasteiger partial charge on any atom is 0.396 e. The number of nitrogens with one attached hydrogen (secondary N) is 1. The van der Waals surface area contributed by atoms with Gasteiger partial charge in [-0.3, -0.25) is 19.7 Å². The van der Waals surface area contributed by atoms with Crippen LogP contribution >= 0.6 is 0 Å². The van der Waals surface area contributed by atoms with Crippen molar-refractivity contribution in [1.82, 2.24) is 0 Å². The van der Waals surface area contributed by atoms with Crippen molar-refractivity contribution in [2.24, 2.45) is 5.92 Å². The minimum atomic E-state index is -1.13. The van der Waals surface area contributed by atoms with Crippen LogP contribution in [0.4, 0.5) is 11.4 Å². The molecule has 1 aromatic rings. The number of benzene rings is 1. The largest absolute Gasteiger partial charge is 0.469 e. The Kier molecular flexibility index (Phi) is 6.86. The van der Waals surface area contributed by atoms with E-state index in [1.165, 1.54) is 19.2 Å². The van der Waals surface area contributed by atoms with Crippen molar-refractivity contribution in [2.45, 2.75) is 38.0 Å². The van der Waals surface area contributed by atoms with Crippen LogP contribution in [0, 0.1) is 16.0 Å². The highest BCUT2D eigenvalue weighted by molar-refractivity contribution is 6.37. The lowest BCUT2D eigenvalue weighted by Crippen LogP contribution is -2.24. The molecule has 0 heterocycles. The van der Waals surface area contributed by atoms with Crippen molar-refractivity contribution in [3.8, 4) is 0 Å². The van der Waals surface area contributed by atoms with Gasteiger partial charge in [-0.1, -0.05) is 6.07 Å². The number of methoxy groups -OCH3 is 2. The van der Waals surface area contributed by atoms with E-state index >= 15 is 0 Å². The van der Waals surface area contributed by atoms with Crippen LogP contribution in [0.15, 0.2) is 18.2 Å². The number of rotatable bonds is 5. The van der Waals surface area contributed by atoms with E-state index in [1.54, 1.807) is 6.07 Å². The SMILES string of the molecule is COC(=O)CC1CCC(c2ccc(NC(=O)C(=O)OC)c([N+](=O)[O-])c2)CC1. The summed E-state index contributed by atoms with van der Waals surface area (Å²) >= 11 is 0. The zero-order chi connectivity index (χ0) is 20.0. The van der Waals surface area contributed by atoms with E-state index in [-0.39, 0.29) is 29.2 Å². The van der Waals surface area contributed by atoms with Gasteiger partial charge in [0.15, 0.2) is 0 Å². The third-order valence-corrected chi connectivity index (χ3v) is 4.84. The number of amides is 1. The van der Waals surface area contributed by atoms with Crippen LogP contribution in [0.3, 0.4) is 0 Å². The van der Waals surface area contributed by atoms with Crippen molar-refractivity contribution in [2.75, 3.05) is 19.5 Å². The second-order valence-corrected chi connectivity index (χ2v) is 6.48. The molecule has 1 aliphatic carbocycles. The fraction of sp³-hybridized carbons (Fsp3) is 0.500. The van der Waals surface area contributed by atoms with Crippen molar-refractivity contribution in [3.05, 3.63) is 33.9 Å². The van der Waals surface area contributed by atoms with E-state index in [4.69, 9.17) is 4.74 Å². The minimum Gasteiger partial charge on any atom is -0.469 e. The first-order valence-electron chi connectivity index (χ1n) is 8.60. The van der Waals surface area contributed by atoms with Crippen LogP contribution in [-0.2, 0) is 23.9 Å². The number of esters is 2. The summed E-state index contributed by atoms with van der Waals surface area (Å²) in [7, 11) is 2.42. The van der Waals surface area contributed by atoms with Crippen molar-refractivity contribution in [1.29, 1.82) is 0 Å². The van der Waals surface area contributed by atoms with Crippen molar-refractivity contribution < 1.29 is 28.8 Å². The number of hydrogen-bond donors (Lipinski definition) is 1. The summed E-state index contributed by atoms with van der Waals surface area (Å²) in [5, 5.41) is 13.6. The number of nitro groups is 1. The average molecular weight is 378 g/mol. The van der Waals surface area contributed by atoms with Gasteiger partial charge in [0, 0.05) is 12.5 Å². The van der Waals surface area contributed by atoms with Gasteiger partial charge >= 0.3 is 17.8 Å². The summed E-state index contributed by atoms with van der Waals surface area (Å²) in [6, 6.07) is 4.57. The molecule has 0 bridgehead atoms. The molecular weight excluding hydrogens is 356 g/mol. The summed E-state index contributed by atoms with van der Waals surface area (Å²) in [5.74, 6) is -2.01. The summed E-state index contributed by atoms with van der Waals surface area (Å²) in [6.07, 6.45) is 3.70. The first-order valence-corrected chi connectivity index (χ1v) is 8.60. The summed E-state index contributed by atoms with van der Waals surface area (Å²) < 4.78 is 8.99. The van der Waals surface area contributed by atoms with Gasteiger partial charge in [0.2, 0.25) is 0 Å². The third-order valence-electron chi connectivity index (χ3n) is 4.84. The van der Waals surface area contributed by atoms with Crippen LogP contribution in [0.1, 0.15) is 43.6 Å². The maximum atomic E-state index is 11.6. The number of nitrogens with zero attached hydrogens (tertiary/aromatic N) is 1. The monoisotopic (exact) mass is 378 g/mol. The lowest BCUT2D eigenvalue weighted by molar-refractivity contribution is -0.384. The molecule has 0 saturated heterocycles. The maximum absolute atomic E-state index is 11.6. The fourth-order valence-corrected chi connectivity index (χ4v) is 3.34. The molecule has 1 aromatic carbocycles. The molecule has 0 radical (unpaired) electrons. The van der Waals surface area contributed by atoms with E-state index in [2.05, 4.69) is 10.1 Å². The van der Waals surface area contributed by atoms with Crippen molar-refractivity contribution in [3.63, 3.8) is 0 Å². The quantitative estimate of drug-likeness (QED) is 0.361. The molecule has 9 nitrogen and oxygen atoms in total. The Morgan fingerprint density at radius 1 is 1.15 bits per heavy atom. The molecule has 0 aromatic heterocycles. The molecule has 0 aliphatic heterocycles. The lowest BCUT2D eigenvalue weighted by atomic mass is 9.77. The van der Waals surface area contributed by atoms with Gasteiger partial charge in [-0.05, 0) is 49.1 Å². The van der Waals surface area contributed by atoms with Crippen LogP contribution < -0.4 is 5.32 Å². The molecule has 2 rings (SSSR count). The molecule has 1 saturated carbocycles. The minimum absolute atomic E-state index is 0.0569. The number of hydrogen-bond acceptors (Lipinski definition) is 7. The summed E-state index contributed by atoms with van der Waals surface area (Å²) in [4.78, 5) is 45.0. The number of anilines is 1. The molecule has 0 spiro atoms. The first kappa shape index (κ1) is 20.3.